The largest absolute Gasteiger partial charge is 0.0991 e. The van der Waals surface area contributed by atoms with E-state index in [2.05, 4.69) is 33.1 Å². The summed E-state index contributed by atoms with van der Waals surface area (Å²) in [4.78, 5) is 0. The highest BCUT2D eigenvalue weighted by Gasteiger charge is 2.46. The van der Waals surface area contributed by atoms with Crippen molar-refractivity contribution in [3.63, 3.8) is 0 Å². The fourth-order valence-corrected chi connectivity index (χ4v) is 1.90. The fraction of sp³-hybridized carbons (Fsp3) is 0.500. The standard InChI is InChI=1S/C12H18/c1-5-7-11(6-2)12(8-9-12)10(3)4/h5-7,10H,1-2,8-9H2,3-4H3/b11-7+. The maximum Gasteiger partial charge on any atom is -0.00236 e. The topological polar surface area (TPSA) is 0 Å². The van der Waals surface area contributed by atoms with Crippen LogP contribution in [-0.4, -0.2) is 0 Å². The van der Waals surface area contributed by atoms with E-state index in [1.807, 2.05) is 12.2 Å². The van der Waals surface area contributed by atoms with E-state index in [1.54, 1.807) is 0 Å². The molecule has 0 amide bonds. The molecule has 0 heterocycles. The van der Waals surface area contributed by atoms with Crippen LogP contribution in [0.25, 0.3) is 0 Å². The van der Waals surface area contributed by atoms with Gasteiger partial charge in [-0.3, -0.25) is 0 Å². The molecule has 0 saturated heterocycles. The van der Waals surface area contributed by atoms with Crippen LogP contribution in [0.3, 0.4) is 0 Å². The van der Waals surface area contributed by atoms with E-state index in [-0.39, 0.29) is 0 Å². The van der Waals surface area contributed by atoms with Crippen molar-refractivity contribution in [2.24, 2.45) is 11.3 Å². The molecule has 0 aromatic carbocycles. The van der Waals surface area contributed by atoms with Gasteiger partial charge in [0, 0.05) is 0 Å². The van der Waals surface area contributed by atoms with Crippen LogP contribution in [0.2, 0.25) is 0 Å². The Hall–Kier alpha value is -0.780. The van der Waals surface area contributed by atoms with Gasteiger partial charge in [-0.2, -0.15) is 0 Å². The maximum absolute atomic E-state index is 3.85. The summed E-state index contributed by atoms with van der Waals surface area (Å²) >= 11 is 0. The van der Waals surface area contributed by atoms with Crippen molar-refractivity contribution in [3.8, 4) is 0 Å². The zero-order valence-electron chi connectivity index (χ0n) is 8.14. The average Bonchev–Trinajstić information content (AvgIpc) is 2.80. The first-order valence-corrected chi connectivity index (χ1v) is 4.63. The van der Waals surface area contributed by atoms with E-state index in [9.17, 15) is 0 Å². The van der Waals surface area contributed by atoms with E-state index in [4.69, 9.17) is 0 Å². The molecule has 1 fully saturated rings. The molecular formula is C12H18. The summed E-state index contributed by atoms with van der Waals surface area (Å²) in [6.07, 6.45) is 8.57. The van der Waals surface area contributed by atoms with Gasteiger partial charge in [0.05, 0.1) is 0 Å². The van der Waals surface area contributed by atoms with Crippen LogP contribution in [0.4, 0.5) is 0 Å². The molecule has 0 radical (unpaired) electrons. The molecule has 0 bridgehead atoms. The summed E-state index contributed by atoms with van der Waals surface area (Å²) in [5, 5.41) is 0. The van der Waals surface area contributed by atoms with Crippen LogP contribution in [0.5, 0.6) is 0 Å². The number of hydrogen-bond donors (Lipinski definition) is 0. The first-order chi connectivity index (χ1) is 5.67. The van der Waals surface area contributed by atoms with Gasteiger partial charge >= 0.3 is 0 Å². The molecular weight excluding hydrogens is 144 g/mol. The van der Waals surface area contributed by atoms with Crippen LogP contribution >= 0.6 is 0 Å². The first-order valence-electron chi connectivity index (χ1n) is 4.63. The molecule has 0 nitrogen and oxygen atoms in total. The van der Waals surface area contributed by atoms with Crippen LogP contribution < -0.4 is 0 Å². The van der Waals surface area contributed by atoms with Gasteiger partial charge in [-0.1, -0.05) is 45.2 Å². The van der Waals surface area contributed by atoms with Gasteiger partial charge in [0.25, 0.3) is 0 Å². The van der Waals surface area contributed by atoms with Crippen LogP contribution in [0.15, 0.2) is 37.0 Å². The smallest absolute Gasteiger partial charge is 0.00236 e. The second-order valence-corrected chi connectivity index (χ2v) is 3.87. The fourth-order valence-electron chi connectivity index (χ4n) is 1.90. The Morgan fingerprint density at radius 3 is 2.17 bits per heavy atom. The summed E-state index contributed by atoms with van der Waals surface area (Å²) < 4.78 is 0. The molecule has 12 heavy (non-hydrogen) atoms. The molecule has 1 aliphatic carbocycles. The monoisotopic (exact) mass is 162 g/mol. The lowest BCUT2D eigenvalue weighted by Crippen LogP contribution is -2.11. The molecule has 0 aromatic rings. The lowest BCUT2D eigenvalue weighted by Gasteiger charge is -2.20. The second kappa shape index (κ2) is 3.30. The highest BCUT2D eigenvalue weighted by atomic mass is 14.5. The molecule has 1 saturated carbocycles. The summed E-state index contributed by atoms with van der Waals surface area (Å²) in [7, 11) is 0. The quantitative estimate of drug-likeness (QED) is 0.553. The number of hydrogen-bond acceptors (Lipinski definition) is 0. The predicted molar refractivity (Wildman–Crippen MR) is 55.0 cm³/mol. The molecule has 0 atom stereocenters. The number of allylic oxidation sites excluding steroid dienone is 4. The zero-order chi connectivity index (χ0) is 9.19. The summed E-state index contributed by atoms with van der Waals surface area (Å²) in [6, 6.07) is 0. The average molecular weight is 162 g/mol. The summed E-state index contributed by atoms with van der Waals surface area (Å²) in [5.74, 6) is 0.724. The Morgan fingerprint density at radius 1 is 1.33 bits per heavy atom. The van der Waals surface area contributed by atoms with Gasteiger partial charge < -0.3 is 0 Å². The van der Waals surface area contributed by atoms with E-state index in [1.165, 1.54) is 18.4 Å². The third kappa shape index (κ3) is 1.38. The van der Waals surface area contributed by atoms with Crippen LogP contribution in [-0.2, 0) is 0 Å². The van der Waals surface area contributed by atoms with E-state index >= 15 is 0 Å². The Labute approximate surface area is 75.7 Å². The molecule has 1 aliphatic rings. The second-order valence-electron chi connectivity index (χ2n) is 3.87. The molecule has 1 rings (SSSR count). The van der Waals surface area contributed by atoms with Crippen LogP contribution in [0, 0.1) is 11.3 Å². The van der Waals surface area contributed by atoms with Crippen molar-refractivity contribution in [3.05, 3.63) is 37.0 Å². The Kier molecular flexibility index (Phi) is 2.56. The SMILES string of the molecule is C=C/C=C(\C=C)C1(C(C)C)CC1. The number of rotatable bonds is 4. The van der Waals surface area contributed by atoms with Crippen molar-refractivity contribution in [1.29, 1.82) is 0 Å². The molecule has 0 aromatic heterocycles. The Balaban J connectivity index is 2.85. The minimum Gasteiger partial charge on any atom is -0.0991 e. The zero-order valence-corrected chi connectivity index (χ0v) is 8.14. The van der Waals surface area contributed by atoms with Gasteiger partial charge in [-0.25, -0.2) is 0 Å². The lowest BCUT2D eigenvalue weighted by molar-refractivity contribution is 0.430. The lowest BCUT2D eigenvalue weighted by atomic mass is 9.84. The molecule has 0 N–H and O–H groups in total. The van der Waals surface area contributed by atoms with E-state index in [0.29, 0.717) is 5.41 Å². The molecule has 66 valence electrons. The minimum atomic E-state index is 0.440. The normalized spacial score (nSPS) is 20.8. The molecule has 0 aliphatic heterocycles. The van der Waals surface area contributed by atoms with Crippen LogP contribution in [0.1, 0.15) is 26.7 Å². The summed E-state index contributed by atoms with van der Waals surface area (Å²) in [5.41, 5.74) is 1.81. The highest BCUT2D eigenvalue weighted by Crippen LogP contribution is 2.57. The Morgan fingerprint density at radius 2 is 1.92 bits per heavy atom. The van der Waals surface area contributed by atoms with Gasteiger partial charge in [-0.15, -0.1) is 0 Å². The Bertz CT molecular complexity index is 214. The van der Waals surface area contributed by atoms with Gasteiger partial charge in [-0.05, 0) is 29.7 Å². The first kappa shape index (κ1) is 9.31. The third-order valence-corrected chi connectivity index (χ3v) is 2.99. The van der Waals surface area contributed by atoms with E-state index in [0.717, 1.165) is 5.92 Å². The van der Waals surface area contributed by atoms with Gasteiger partial charge in [0.2, 0.25) is 0 Å². The highest BCUT2D eigenvalue weighted by molar-refractivity contribution is 5.34. The van der Waals surface area contributed by atoms with Crippen molar-refractivity contribution in [2.75, 3.05) is 0 Å². The molecule has 0 spiro atoms. The predicted octanol–water partition coefficient (Wildman–Crippen LogP) is 3.72. The molecule has 0 unspecified atom stereocenters. The van der Waals surface area contributed by atoms with Crippen molar-refractivity contribution >= 4 is 0 Å². The maximum atomic E-state index is 3.85. The third-order valence-electron chi connectivity index (χ3n) is 2.99. The summed E-state index contributed by atoms with van der Waals surface area (Å²) in [6.45, 7) is 12.1. The van der Waals surface area contributed by atoms with E-state index < -0.39 is 0 Å². The van der Waals surface area contributed by atoms with Gasteiger partial charge in [0.1, 0.15) is 0 Å². The minimum absolute atomic E-state index is 0.440. The van der Waals surface area contributed by atoms with Crippen molar-refractivity contribution in [1.82, 2.24) is 0 Å². The van der Waals surface area contributed by atoms with Gasteiger partial charge in [0.15, 0.2) is 0 Å². The molecule has 0 heteroatoms. The van der Waals surface area contributed by atoms with Crippen molar-refractivity contribution in [2.45, 2.75) is 26.7 Å². The van der Waals surface area contributed by atoms with Crippen molar-refractivity contribution < 1.29 is 0 Å².